The molecule has 1 aliphatic rings. The number of hydrogen-bond donors (Lipinski definition) is 1. The van der Waals surface area contributed by atoms with Gasteiger partial charge in [0.25, 0.3) is 0 Å². The van der Waals surface area contributed by atoms with Crippen molar-refractivity contribution in [3.05, 3.63) is 41.5 Å². The van der Waals surface area contributed by atoms with Gasteiger partial charge >= 0.3 is 5.97 Å². The summed E-state index contributed by atoms with van der Waals surface area (Å²) in [5.74, 6) is -0.490. The molecule has 0 bridgehead atoms. The summed E-state index contributed by atoms with van der Waals surface area (Å²) in [4.78, 5) is 23.2. The molecule has 1 aromatic carbocycles. The number of aliphatic hydroxyl groups excluding tert-OH is 1. The number of hydrogen-bond acceptors (Lipinski definition) is 5. The Morgan fingerprint density at radius 3 is 2.65 bits per heavy atom. The Morgan fingerprint density at radius 2 is 2.09 bits per heavy atom. The van der Waals surface area contributed by atoms with Gasteiger partial charge in [-0.1, -0.05) is 24.3 Å². The molecule has 0 saturated carbocycles. The maximum atomic E-state index is 11.3. The second-order valence-electron chi connectivity index (χ2n) is 5.43. The SMILES string of the molecule is CCOC(=O)/C=C/c1ccc(C2CCN(C(=O)[O-])CC2O)cc1. The Balaban J connectivity index is 2.00. The van der Waals surface area contributed by atoms with Crippen molar-refractivity contribution in [2.24, 2.45) is 0 Å². The van der Waals surface area contributed by atoms with Crippen LogP contribution >= 0.6 is 0 Å². The average molecular weight is 318 g/mol. The van der Waals surface area contributed by atoms with Crippen LogP contribution in [0, 0.1) is 0 Å². The number of carbonyl (C=O) groups is 2. The maximum Gasteiger partial charge on any atom is 0.330 e. The molecular formula is C17H20NO5-. The number of piperidine rings is 1. The molecule has 23 heavy (non-hydrogen) atoms. The third kappa shape index (κ3) is 4.56. The van der Waals surface area contributed by atoms with Crippen LogP contribution in [0.25, 0.3) is 6.08 Å². The predicted molar refractivity (Wildman–Crippen MR) is 82.4 cm³/mol. The molecule has 2 rings (SSSR count). The van der Waals surface area contributed by atoms with Gasteiger partial charge in [-0.25, -0.2) is 4.79 Å². The summed E-state index contributed by atoms with van der Waals surface area (Å²) in [6, 6.07) is 7.46. The first kappa shape index (κ1) is 17.0. The van der Waals surface area contributed by atoms with Crippen LogP contribution in [-0.4, -0.2) is 47.9 Å². The lowest BCUT2D eigenvalue weighted by molar-refractivity contribution is -0.268. The van der Waals surface area contributed by atoms with Crippen molar-refractivity contribution in [2.45, 2.75) is 25.4 Å². The van der Waals surface area contributed by atoms with Crippen LogP contribution in [0.15, 0.2) is 30.3 Å². The fraction of sp³-hybridized carbons (Fsp3) is 0.412. The molecular weight excluding hydrogens is 298 g/mol. The number of ether oxygens (including phenoxy) is 1. The van der Waals surface area contributed by atoms with Crippen LogP contribution in [0.1, 0.15) is 30.4 Å². The molecule has 6 heteroatoms. The van der Waals surface area contributed by atoms with E-state index in [1.54, 1.807) is 13.0 Å². The number of carboxylic acid groups (broad SMARTS) is 1. The number of rotatable bonds is 4. The Morgan fingerprint density at radius 1 is 1.39 bits per heavy atom. The minimum atomic E-state index is -1.25. The molecule has 1 aliphatic heterocycles. The summed E-state index contributed by atoms with van der Waals surface area (Å²) in [7, 11) is 0. The highest BCUT2D eigenvalue weighted by Crippen LogP contribution is 2.28. The van der Waals surface area contributed by atoms with Gasteiger partial charge in [0, 0.05) is 25.1 Å². The molecule has 124 valence electrons. The van der Waals surface area contributed by atoms with Gasteiger partial charge in [0.15, 0.2) is 0 Å². The molecule has 1 fully saturated rings. The Kier molecular flexibility index (Phi) is 5.76. The second-order valence-corrected chi connectivity index (χ2v) is 5.43. The number of carbonyl (C=O) groups excluding carboxylic acids is 2. The summed E-state index contributed by atoms with van der Waals surface area (Å²) in [5.41, 5.74) is 1.80. The van der Waals surface area contributed by atoms with Crippen LogP contribution in [0.4, 0.5) is 4.79 Å². The normalized spacial score (nSPS) is 21.4. The van der Waals surface area contributed by atoms with Gasteiger partial charge in [-0.3, -0.25) is 0 Å². The van der Waals surface area contributed by atoms with Crippen molar-refractivity contribution >= 4 is 18.1 Å². The highest BCUT2D eigenvalue weighted by Gasteiger charge is 2.28. The van der Waals surface area contributed by atoms with E-state index < -0.39 is 12.2 Å². The number of likely N-dealkylation sites (tertiary alicyclic amines) is 1. The van der Waals surface area contributed by atoms with Crippen LogP contribution in [0.5, 0.6) is 0 Å². The molecule has 2 atom stereocenters. The number of amides is 1. The van der Waals surface area contributed by atoms with Crippen molar-refractivity contribution < 1.29 is 24.5 Å². The van der Waals surface area contributed by atoms with E-state index in [4.69, 9.17) is 4.74 Å². The van der Waals surface area contributed by atoms with Crippen LogP contribution in [0.3, 0.4) is 0 Å². The van der Waals surface area contributed by atoms with Gasteiger partial charge in [0.05, 0.1) is 12.7 Å². The maximum absolute atomic E-state index is 11.3. The molecule has 6 nitrogen and oxygen atoms in total. The van der Waals surface area contributed by atoms with Crippen LogP contribution in [0.2, 0.25) is 0 Å². The van der Waals surface area contributed by atoms with E-state index in [9.17, 15) is 19.8 Å². The van der Waals surface area contributed by atoms with Crippen LogP contribution < -0.4 is 5.11 Å². The van der Waals surface area contributed by atoms with E-state index in [0.29, 0.717) is 19.6 Å². The molecule has 1 N–H and O–H groups in total. The lowest BCUT2D eigenvalue weighted by Crippen LogP contribution is -2.50. The van der Waals surface area contributed by atoms with E-state index in [1.165, 1.54) is 6.08 Å². The molecule has 1 amide bonds. The number of nitrogens with zero attached hydrogens (tertiary/aromatic N) is 1. The molecule has 0 spiro atoms. The topological polar surface area (TPSA) is 89.9 Å². The monoisotopic (exact) mass is 318 g/mol. The molecule has 0 radical (unpaired) electrons. The van der Waals surface area contributed by atoms with E-state index in [-0.39, 0.29) is 18.4 Å². The summed E-state index contributed by atoms with van der Waals surface area (Å²) in [5, 5.41) is 21.0. The Labute approximate surface area is 135 Å². The number of esters is 1. The Bertz CT molecular complexity index is 581. The molecule has 1 saturated heterocycles. The smallest absolute Gasteiger partial charge is 0.330 e. The highest BCUT2D eigenvalue weighted by molar-refractivity contribution is 5.87. The van der Waals surface area contributed by atoms with Gasteiger partial charge in [-0.2, -0.15) is 0 Å². The number of aliphatic hydroxyl groups is 1. The van der Waals surface area contributed by atoms with Gasteiger partial charge in [0.2, 0.25) is 0 Å². The molecule has 0 aromatic heterocycles. The van der Waals surface area contributed by atoms with E-state index >= 15 is 0 Å². The number of benzene rings is 1. The highest BCUT2D eigenvalue weighted by atomic mass is 16.5. The molecule has 1 aromatic rings. The van der Waals surface area contributed by atoms with Gasteiger partial charge in [-0.15, -0.1) is 0 Å². The summed E-state index contributed by atoms with van der Waals surface area (Å²) in [6.45, 7) is 2.51. The van der Waals surface area contributed by atoms with Crippen molar-refractivity contribution in [1.82, 2.24) is 4.90 Å². The quantitative estimate of drug-likeness (QED) is 0.654. The minimum absolute atomic E-state index is 0.0670. The fourth-order valence-electron chi connectivity index (χ4n) is 2.70. The average Bonchev–Trinajstić information content (AvgIpc) is 2.53. The summed E-state index contributed by atoms with van der Waals surface area (Å²) in [6.07, 6.45) is 1.58. The number of β-amino-alcohol motifs (C(OH)–C–C–N with tert-alkyl or cyclic N) is 1. The van der Waals surface area contributed by atoms with Crippen molar-refractivity contribution in [2.75, 3.05) is 19.7 Å². The second kappa shape index (κ2) is 7.78. The lowest BCUT2D eigenvalue weighted by Gasteiger charge is -2.37. The fourth-order valence-corrected chi connectivity index (χ4v) is 2.70. The van der Waals surface area contributed by atoms with Crippen molar-refractivity contribution in [1.29, 1.82) is 0 Å². The van der Waals surface area contributed by atoms with E-state index in [1.807, 2.05) is 24.3 Å². The van der Waals surface area contributed by atoms with E-state index in [0.717, 1.165) is 16.0 Å². The summed E-state index contributed by atoms with van der Waals surface area (Å²) < 4.78 is 4.81. The molecule has 2 unspecified atom stereocenters. The largest absolute Gasteiger partial charge is 0.530 e. The predicted octanol–water partition coefficient (Wildman–Crippen LogP) is 0.756. The Hall–Kier alpha value is -2.34. The molecule has 1 heterocycles. The van der Waals surface area contributed by atoms with E-state index in [2.05, 4.69) is 0 Å². The molecule has 0 aliphatic carbocycles. The van der Waals surface area contributed by atoms with Crippen LogP contribution in [-0.2, 0) is 9.53 Å². The van der Waals surface area contributed by atoms with Gasteiger partial charge in [0.1, 0.15) is 6.09 Å². The van der Waals surface area contributed by atoms with Crippen molar-refractivity contribution in [3.63, 3.8) is 0 Å². The van der Waals surface area contributed by atoms with Crippen molar-refractivity contribution in [3.8, 4) is 0 Å². The first-order valence-electron chi connectivity index (χ1n) is 7.60. The van der Waals surface area contributed by atoms with Gasteiger partial charge < -0.3 is 24.6 Å². The van der Waals surface area contributed by atoms with Gasteiger partial charge in [-0.05, 0) is 30.5 Å². The summed E-state index contributed by atoms with van der Waals surface area (Å²) >= 11 is 0. The first-order valence-corrected chi connectivity index (χ1v) is 7.60. The minimum Gasteiger partial charge on any atom is -0.530 e. The standard InChI is InChI=1S/C17H21NO5/c1-2-23-16(20)8-5-12-3-6-13(7-4-12)14-9-10-18(17(21)22)11-15(14)19/h3-8,14-15,19H,2,9-11H2,1H3,(H,21,22)/p-1/b8-5+. The zero-order chi connectivity index (χ0) is 16.8. The zero-order valence-corrected chi connectivity index (χ0v) is 13.0. The lowest BCUT2D eigenvalue weighted by atomic mass is 9.87. The third-order valence-corrected chi connectivity index (χ3v) is 3.90. The zero-order valence-electron chi connectivity index (χ0n) is 13.0. The third-order valence-electron chi connectivity index (χ3n) is 3.90. The first-order chi connectivity index (χ1) is 11.0.